The van der Waals surface area contributed by atoms with E-state index in [1.807, 2.05) is 43.3 Å². The predicted molar refractivity (Wildman–Crippen MR) is 105 cm³/mol. The average molecular weight is 377 g/mol. The van der Waals surface area contributed by atoms with E-state index in [1.165, 1.54) is 22.9 Å². The van der Waals surface area contributed by atoms with E-state index < -0.39 is 0 Å². The van der Waals surface area contributed by atoms with Gasteiger partial charge in [-0.25, -0.2) is 4.98 Å². The quantitative estimate of drug-likeness (QED) is 0.421. The van der Waals surface area contributed by atoms with Crippen molar-refractivity contribution in [2.45, 2.75) is 31.7 Å². The van der Waals surface area contributed by atoms with E-state index in [0.717, 1.165) is 22.6 Å². The molecular formula is C21H19N3O2S. The van der Waals surface area contributed by atoms with Crippen LogP contribution < -0.4 is 0 Å². The summed E-state index contributed by atoms with van der Waals surface area (Å²) in [5.74, 6) is 2.57. The molecule has 0 N–H and O–H groups in total. The first-order chi connectivity index (χ1) is 13.1. The molecule has 0 aliphatic carbocycles. The van der Waals surface area contributed by atoms with Crippen molar-refractivity contribution in [1.82, 2.24) is 15.2 Å². The molecule has 0 aliphatic rings. The van der Waals surface area contributed by atoms with E-state index in [-0.39, 0.29) is 0 Å². The molecule has 2 heterocycles. The zero-order chi connectivity index (χ0) is 18.8. The zero-order valence-electron chi connectivity index (χ0n) is 15.4. The van der Waals surface area contributed by atoms with Crippen LogP contribution in [0.2, 0.25) is 0 Å². The van der Waals surface area contributed by atoms with E-state index in [0.29, 0.717) is 22.8 Å². The Kier molecular flexibility index (Phi) is 4.81. The topological polar surface area (TPSA) is 65.0 Å². The number of aromatic nitrogens is 3. The molecule has 136 valence electrons. The molecule has 0 radical (unpaired) electrons. The number of hydrogen-bond acceptors (Lipinski definition) is 6. The first-order valence-corrected chi connectivity index (χ1v) is 9.64. The van der Waals surface area contributed by atoms with Crippen LogP contribution in [0, 0.1) is 20.8 Å². The Morgan fingerprint density at radius 2 is 1.63 bits per heavy atom. The predicted octanol–water partition coefficient (Wildman–Crippen LogP) is 5.61. The molecule has 2 aromatic carbocycles. The van der Waals surface area contributed by atoms with Crippen molar-refractivity contribution in [2.24, 2.45) is 0 Å². The highest BCUT2D eigenvalue weighted by molar-refractivity contribution is 7.98. The Bertz CT molecular complexity index is 1070. The second kappa shape index (κ2) is 7.40. The van der Waals surface area contributed by atoms with Gasteiger partial charge in [-0.1, -0.05) is 36.0 Å². The second-order valence-electron chi connectivity index (χ2n) is 6.35. The summed E-state index contributed by atoms with van der Waals surface area (Å²) in [7, 11) is 0. The number of thioether (sulfide) groups is 1. The molecule has 0 fully saturated rings. The van der Waals surface area contributed by atoms with Gasteiger partial charge in [-0.3, -0.25) is 0 Å². The van der Waals surface area contributed by atoms with Crippen LogP contribution in [0.25, 0.3) is 22.9 Å². The van der Waals surface area contributed by atoms with Crippen molar-refractivity contribution in [3.8, 4) is 22.9 Å². The van der Waals surface area contributed by atoms with Gasteiger partial charge < -0.3 is 8.83 Å². The Balaban J connectivity index is 1.47. The third-order valence-corrected chi connectivity index (χ3v) is 5.24. The minimum Gasteiger partial charge on any atom is -0.441 e. The van der Waals surface area contributed by atoms with Crippen molar-refractivity contribution in [2.75, 3.05) is 0 Å². The van der Waals surface area contributed by atoms with Crippen LogP contribution in [-0.4, -0.2) is 15.2 Å². The summed E-state index contributed by atoms with van der Waals surface area (Å²) in [6.07, 6.45) is 0. The molecule has 0 saturated carbocycles. The highest BCUT2D eigenvalue weighted by Gasteiger charge is 2.14. The minimum absolute atomic E-state index is 0.520. The number of rotatable bonds is 5. The lowest BCUT2D eigenvalue weighted by Gasteiger charge is -2.00. The van der Waals surface area contributed by atoms with Crippen LogP contribution in [0.5, 0.6) is 0 Å². The fourth-order valence-electron chi connectivity index (χ4n) is 2.66. The number of benzene rings is 2. The molecule has 0 bridgehead atoms. The highest BCUT2D eigenvalue weighted by atomic mass is 32.2. The van der Waals surface area contributed by atoms with Gasteiger partial charge in [0.15, 0.2) is 0 Å². The largest absolute Gasteiger partial charge is 0.441 e. The molecule has 0 aliphatic heterocycles. The minimum atomic E-state index is 0.520. The number of nitrogens with zero attached hydrogens (tertiary/aromatic N) is 3. The first kappa shape index (κ1) is 17.5. The van der Waals surface area contributed by atoms with Crippen molar-refractivity contribution < 1.29 is 8.83 Å². The maximum atomic E-state index is 5.80. The van der Waals surface area contributed by atoms with Crippen molar-refractivity contribution in [3.05, 3.63) is 71.1 Å². The van der Waals surface area contributed by atoms with Crippen molar-refractivity contribution in [3.63, 3.8) is 0 Å². The fourth-order valence-corrected chi connectivity index (χ4v) is 3.42. The lowest BCUT2D eigenvalue weighted by Crippen LogP contribution is -1.84. The fraction of sp³-hybridized carbons (Fsp3) is 0.190. The number of aryl methyl sites for hydroxylation is 3. The number of oxazole rings is 1. The van der Waals surface area contributed by atoms with Crippen LogP contribution in [0.4, 0.5) is 0 Å². The Hall–Kier alpha value is -2.86. The van der Waals surface area contributed by atoms with Gasteiger partial charge in [-0.2, -0.15) is 0 Å². The maximum Gasteiger partial charge on any atom is 0.277 e. The van der Waals surface area contributed by atoms with Gasteiger partial charge in [-0.15, -0.1) is 10.2 Å². The van der Waals surface area contributed by atoms with Gasteiger partial charge in [0.25, 0.3) is 5.22 Å². The molecule has 4 aromatic rings. The van der Waals surface area contributed by atoms with E-state index in [2.05, 4.69) is 41.2 Å². The van der Waals surface area contributed by atoms with Gasteiger partial charge in [0.1, 0.15) is 5.76 Å². The van der Waals surface area contributed by atoms with E-state index in [1.54, 1.807) is 0 Å². The van der Waals surface area contributed by atoms with Gasteiger partial charge >= 0.3 is 0 Å². The van der Waals surface area contributed by atoms with Crippen LogP contribution in [0.15, 0.2) is 62.6 Å². The smallest absolute Gasteiger partial charge is 0.277 e. The maximum absolute atomic E-state index is 5.80. The van der Waals surface area contributed by atoms with Crippen LogP contribution in [0.3, 0.4) is 0 Å². The van der Waals surface area contributed by atoms with E-state index in [9.17, 15) is 0 Å². The van der Waals surface area contributed by atoms with Crippen LogP contribution in [0.1, 0.15) is 22.6 Å². The lowest BCUT2D eigenvalue weighted by atomic mass is 10.1. The van der Waals surface area contributed by atoms with Crippen molar-refractivity contribution >= 4 is 11.8 Å². The summed E-state index contributed by atoms with van der Waals surface area (Å²) in [5.41, 5.74) is 5.22. The molecule has 0 unspecified atom stereocenters. The summed E-state index contributed by atoms with van der Waals surface area (Å²) in [6.45, 7) is 6.07. The zero-order valence-corrected chi connectivity index (χ0v) is 16.2. The summed E-state index contributed by atoms with van der Waals surface area (Å²) in [6, 6.07) is 16.0. The molecule has 0 saturated heterocycles. The second-order valence-corrected chi connectivity index (χ2v) is 7.28. The molecule has 5 nitrogen and oxygen atoms in total. The third-order valence-electron chi connectivity index (χ3n) is 4.41. The third kappa shape index (κ3) is 3.80. The molecule has 0 amide bonds. The SMILES string of the molecule is Cc1ccc(-c2nnc(SCc3nc(-c4ccccc4)oc3C)o2)cc1C. The lowest BCUT2D eigenvalue weighted by molar-refractivity contribution is 0.465. The van der Waals surface area contributed by atoms with Crippen molar-refractivity contribution in [1.29, 1.82) is 0 Å². The molecule has 0 atom stereocenters. The molecular weight excluding hydrogens is 358 g/mol. The molecule has 4 rings (SSSR count). The summed E-state index contributed by atoms with van der Waals surface area (Å²) >= 11 is 1.46. The Labute approximate surface area is 161 Å². The van der Waals surface area contributed by atoms with Gasteiger partial charge in [0.05, 0.1) is 5.69 Å². The molecule has 0 spiro atoms. The summed E-state index contributed by atoms with van der Waals surface area (Å²) in [4.78, 5) is 4.60. The molecule has 27 heavy (non-hydrogen) atoms. The summed E-state index contributed by atoms with van der Waals surface area (Å²) < 4.78 is 11.6. The highest BCUT2D eigenvalue weighted by Crippen LogP contribution is 2.29. The van der Waals surface area contributed by atoms with Gasteiger partial charge in [-0.05, 0) is 56.2 Å². The van der Waals surface area contributed by atoms with E-state index in [4.69, 9.17) is 8.83 Å². The Morgan fingerprint density at radius 1 is 0.815 bits per heavy atom. The van der Waals surface area contributed by atoms with Crippen LogP contribution in [-0.2, 0) is 5.75 Å². The molecule has 6 heteroatoms. The van der Waals surface area contributed by atoms with Gasteiger partial charge in [0.2, 0.25) is 11.8 Å². The first-order valence-electron chi connectivity index (χ1n) is 8.66. The standard InChI is InChI=1S/C21H19N3O2S/c1-13-9-10-17(11-14(13)2)20-23-24-21(26-20)27-12-18-15(3)25-19(22-18)16-7-5-4-6-8-16/h4-11H,12H2,1-3H3. The Morgan fingerprint density at radius 3 is 2.41 bits per heavy atom. The van der Waals surface area contributed by atoms with E-state index >= 15 is 0 Å². The monoisotopic (exact) mass is 377 g/mol. The summed E-state index contributed by atoms with van der Waals surface area (Å²) in [5, 5.41) is 8.83. The molecule has 2 aromatic heterocycles. The van der Waals surface area contributed by atoms with Gasteiger partial charge in [0, 0.05) is 16.9 Å². The normalized spacial score (nSPS) is 11.1. The number of hydrogen-bond donors (Lipinski definition) is 0. The average Bonchev–Trinajstić information content (AvgIpc) is 3.30. The van der Waals surface area contributed by atoms with Crippen LogP contribution >= 0.6 is 11.8 Å².